The number of ether oxygens (including phenoxy) is 2. The molecule has 1 aromatic heterocycles. The van der Waals surface area contributed by atoms with E-state index in [4.69, 9.17) is 14.0 Å². The molecule has 1 aromatic carbocycles. The van der Waals surface area contributed by atoms with E-state index >= 15 is 0 Å². The maximum absolute atomic E-state index is 12.3. The van der Waals surface area contributed by atoms with Crippen molar-refractivity contribution in [1.29, 1.82) is 0 Å². The third-order valence-corrected chi connectivity index (χ3v) is 4.54. The number of hydrogen-bond donors (Lipinski definition) is 1. The highest BCUT2D eigenvalue weighted by Gasteiger charge is 2.37. The van der Waals surface area contributed by atoms with Crippen LogP contribution in [0.25, 0.3) is 0 Å². The summed E-state index contributed by atoms with van der Waals surface area (Å²) in [6, 6.07) is 5.20. The molecular weight excluding hydrogens is 312 g/mol. The number of carbonyl (C=O) groups is 1. The summed E-state index contributed by atoms with van der Waals surface area (Å²) < 4.78 is 15.9. The van der Waals surface area contributed by atoms with Gasteiger partial charge in [0, 0.05) is 30.8 Å². The Morgan fingerprint density at radius 2 is 2.00 bits per heavy atom. The zero-order valence-corrected chi connectivity index (χ0v) is 12.9. The van der Waals surface area contributed by atoms with Crippen LogP contribution < -0.4 is 14.8 Å². The number of hydrogen-bond acceptors (Lipinski definition) is 6. The average molecular weight is 328 g/mol. The molecule has 124 valence electrons. The topological polar surface area (TPSA) is 89.7 Å². The van der Waals surface area contributed by atoms with Gasteiger partial charge in [0.15, 0.2) is 17.3 Å². The summed E-state index contributed by atoms with van der Waals surface area (Å²) >= 11 is 0. The standard InChI is InChI=1S/C16H16N4O4/c21-16(17-11-3-4-12-13(5-11)23-8-22-12)20-6-10(7-20)15-18-14(19-24-15)9-1-2-9/h3-5,9-10H,1-2,6-8H2,(H,17,21). The SMILES string of the molecule is O=C(Nc1ccc2c(c1)OCO2)N1CC(c2nc(C3CC3)no2)C1. The minimum Gasteiger partial charge on any atom is -0.454 e. The Balaban J connectivity index is 1.18. The van der Waals surface area contributed by atoms with Crippen molar-refractivity contribution in [2.45, 2.75) is 24.7 Å². The Bertz CT molecular complexity index is 795. The number of anilines is 1. The van der Waals surface area contributed by atoms with Crippen molar-refractivity contribution in [1.82, 2.24) is 15.0 Å². The molecule has 1 saturated carbocycles. The molecule has 2 amide bonds. The van der Waals surface area contributed by atoms with Crippen LogP contribution in [0.5, 0.6) is 11.5 Å². The van der Waals surface area contributed by atoms with Gasteiger partial charge in [0.25, 0.3) is 0 Å². The number of nitrogens with zero attached hydrogens (tertiary/aromatic N) is 3. The number of carbonyl (C=O) groups excluding carboxylic acids is 1. The Labute approximate surface area is 137 Å². The van der Waals surface area contributed by atoms with Crippen LogP contribution in [0.3, 0.4) is 0 Å². The largest absolute Gasteiger partial charge is 0.454 e. The highest BCUT2D eigenvalue weighted by atomic mass is 16.7. The van der Waals surface area contributed by atoms with E-state index in [9.17, 15) is 4.79 Å². The molecule has 1 aliphatic carbocycles. The molecule has 2 fully saturated rings. The lowest BCUT2D eigenvalue weighted by Gasteiger charge is -2.36. The number of aromatic nitrogens is 2. The minimum atomic E-state index is -0.146. The van der Waals surface area contributed by atoms with Gasteiger partial charge in [-0.3, -0.25) is 0 Å². The van der Waals surface area contributed by atoms with Crippen LogP contribution in [0, 0.1) is 0 Å². The lowest BCUT2D eigenvalue weighted by atomic mass is 10.0. The molecule has 3 aliphatic rings. The number of urea groups is 1. The van der Waals surface area contributed by atoms with Crippen molar-refractivity contribution >= 4 is 11.7 Å². The zero-order chi connectivity index (χ0) is 16.1. The molecule has 8 heteroatoms. The number of amides is 2. The molecule has 8 nitrogen and oxygen atoms in total. The van der Waals surface area contributed by atoms with Gasteiger partial charge in [-0.15, -0.1) is 0 Å². The number of likely N-dealkylation sites (tertiary alicyclic amines) is 1. The van der Waals surface area contributed by atoms with Gasteiger partial charge in [0.2, 0.25) is 12.7 Å². The fourth-order valence-electron chi connectivity index (χ4n) is 2.90. The summed E-state index contributed by atoms with van der Waals surface area (Å²) in [5.74, 6) is 3.41. The molecule has 0 spiro atoms. The number of nitrogens with one attached hydrogen (secondary N) is 1. The van der Waals surface area contributed by atoms with Gasteiger partial charge < -0.3 is 24.2 Å². The van der Waals surface area contributed by atoms with E-state index in [0.717, 1.165) is 18.7 Å². The Kier molecular flexibility index (Phi) is 2.91. The van der Waals surface area contributed by atoms with Gasteiger partial charge in [-0.25, -0.2) is 4.79 Å². The number of rotatable bonds is 3. The fraction of sp³-hybridized carbons (Fsp3) is 0.438. The van der Waals surface area contributed by atoms with Crippen LogP contribution in [-0.4, -0.2) is 41.0 Å². The monoisotopic (exact) mass is 328 g/mol. The molecule has 0 unspecified atom stereocenters. The summed E-state index contributed by atoms with van der Waals surface area (Å²) in [5.41, 5.74) is 0.682. The van der Waals surface area contributed by atoms with Gasteiger partial charge >= 0.3 is 6.03 Å². The first-order chi connectivity index (χ1) is 11.8. The van der Waals surface area contributed by atoms with E-state index in [2.05, 4.69) is 15.5 Å². The Morgan fingerprint density at radius 1 is 1.17 bits per heavy atom. The quantitative estimate of drug-likeness (QED) is 0.930. The fourth-order valence-corrected chi connectivity index (χ4v) is 2.90. The van der Waals surface area contributed by atoms with Gasteiger partial charge in [0.05, 0.1) is 5.92 Å². The smallest absolute Gasteiger partial charge is 0.321 e. The van der Waals surface area contributed by atoms with Crippen LogP contribution in [0.2, 0.25) is 0 Å². The lowest BCUT2D eigenvalue weighted by molar-refractivity contribution is 0.147. The zero-order valence-electron chi connectivity index (χ0n) is 12.9. The maximum Gasteiger partial charge on any atom is 0.321 e. The van der Waals surface area contributed by atoms with E-state index in [1.54, 1.807) is 23.1 Å². The predicted octanol–water partition coefficient (Wildman–Crippen LogP) is 2.31. The van der Waals surface area contributed by atoms with Crippen molar-refractivity contribution in [3.63, 3.8) is 0 Å². The van der Waals surface area contributed by atoms with E-state index < -0.39 is 0 Å². The van der Waals surface area contributed by atoms with Crippen molar-refractivity contribution in [3.8, 4) is 11.5 Å². The second-order valence-corrected chi connectivity index (χ2v) is 6.37. The van der Waals surface area contributed by atoms with Crippen LogP contribution in [0.1, 0.15) is 36.4 Å². The number of fused-ring (bicyclic) bond motifs is 1. The molecule has 2 aromatic rings. The normalized spacial score (nSPS) is 19.2. The maximum atomic E-state index is 12.3. The lowest BCUT2D eigenvalue weighted by Crippen LogP contribution is -2.50. The minimum absolute atomic E-state index is 0.132. The molecule has 0 atom stereocenters. The second-order valence-electron chi connectivity index (χ2n) is 6.37. The molecule has 5 rings (SSSR count). The highest BCUT2D eigenvalue weighted by molar-refractivity contribution is 5.90. The first-order valence-electron chi connectivity index (χ1n) is 8.05. The Hall–Kier alpha value is -2.77. The van der Waals surface area contributed by atoms with Gasteiger partial charge in [-0.1, -0.05) is 5.16 Å². The molecule has 24 heavy (non-hydrogen) atoms. The molecule has 3 heterocycles. The van der Waals surface area contributed by atoms with E-state index in [-0.39, 0.29) is 18.7 Å². The van der Waals surface area contributed by atoms with Crippen LogP contribution in [0.4, 0.5) is 10.5 Å². The molecule has 0 radical (unpaired) electrons. The van der Waals surface area contributed by atoms with E-state index in [1.165, 1.54) is 0 Å². The summed E-state index contributed by atoms with van der Waals surface area (Å²) in [5, 5.41) is 6.88. The first-order valence-corrected chi connectivity index (χ1v) is 8.05. The van der Waals surface area contributed by atoms with Gasteiger partial charge in [0.1, 0.15) is 0 Å². The van der Waals surface area contributed by atoms with Crippen LogP contribution in [-0.2, 0) is 0 Å². The average Bonchev–Trinajstić information content (AvgIpc) is 3.08. The molecule has 1 N–H and O–H groups in total. The van der Waals surface area contributed by atoms with Crippen molar-refractivity contribution in [2.75, 3.05) is 25.2 Å². The molecule has 2 aliphatic heterocycles. The molecular formula is C16H16N4O4. The van der Waals surface area contributed by atoms with Crippen LogP contribution in [0.15, 0.2) is 22.7 Å². The van der Waals surface area contributed by atoms with Crippen molar-refractivity contribution in [2.24, 2.45) is 0 Å². The number of benzene rings is 1. The third kappa shape index (κ3) is 2.34. The van der Waals surface area contributed by atoms with Crippen molar-refractivity contribution < 1.29 is 18.8 Å². The first kappa shape index (κ1) is 13.6. The predicted molar refractivity (Wildman–Crippen MR) is 82.2 cm³/mol. The van der Waals surface area contributed by atoms with E-state index in [0.29, 0.717) is 42.1 Å². The summed E-state index contributed by atoms with van der Waals surface area (Å²) in [6.07, 6.45) is 2.29. The summed E-state index contributed by atoms with van der Waals surface area (Å²) in [7, 11) is 0. The molecule has 0 bridgehead atoms. The van der Waals surface area contributed by atoms with Gasteiger partial charge in [-0.2, -0.15) is 4.98 Å². The second kappa shape index (κ2) is 5.12. The third-order valence-electron chi connectivity index (χ3n) is 4.54. The van der Waals surface area contributed by atoms with Gasteiger partial charge in [-0.05, 0) is 25.0 Å². The Morgan fingerprint density at radius 3 is 2.83 bits per heavy atom. The summed E-state index contributed by atoms with van der Waals surface area (Å²) in [4.78, 5) is 18.4. The van der Waals surface area contributed by atoms with Crippen molar-refractivity contribution in [3.05, 3.63) is 29.9 Å². The molecule has 1 saturated heterocycles. The van der Waals surface area contributed by atoms with Crippen LogP contribution >= 0.6 is 0 Å². The van der Waals surface area contributed by atoms with E-state index in [1.807, 2.05) is 0 Å². The highest BCUT2D eigenvalue weighted by Crippen LogP contribution is 2.39. The summed E-state index contributed by atoms with van der Waals surface area (Å²) in [6.45, 7) is 1.39.